The van der Waals surface area contributed by atoms with E-state index < -0.39 is 41.5 Å². The second-order valence-corrected chi connectivity index (χ2v) is 9.50. The van der Waals surface area contributed by atoms with Crippen molar-refractivity contribution in [1.82, 2.24) is 0 Å². The number of carbonyl (C=O) groups is 2. The third kappa shape index (κ3) is 4.99. The van der Waals surface area contributed by atoms with Crippen LogP contribution in [0.5, 0.6) is 0 Å². The summed E-state index contributed by atoms with van der Waals surface area (Å²) in [6.45, 7) is 5.36. The fraction of sp³-hybridized carbons (Fsp3) is 0.652. The maximum atomic E-state index is 13.9. The molecule has 166 valence electrons. The van der Waals surface area contributed by atoms with Gasteiger partial charge in [-0.05, 0) is 52.0 Å². The number of ether oxygens (including phenoxy) is 2. The van der Waals surface area contributed by atoms with Crippen molar-refractivity contribution in [3.8, 4) is 0 Å². The summed E-state index contributed by atoms with van der Waals surface area (Å²) < 4.78 is 38.7. The highest BCUT2D eigenvalue weighted by Gasteiger charge is 2.55. The van der Waals surface area contributed by atoms with Crippen LogP contribution in [0.2, 0.25) is 0 Å². The number of halogens is 2. The summed E-state index contributed by atoms with van der Waals surface area (Å²) in [4.78, 5) is 25.4. The van der Waals surface area contributed by atoms with Gasteiger partial charge in [0.1, 0.15) is 11.7 Å². The molecule has 3 rings (SSSR count). The first-order valence-electron chi connectivity index (χ1n) is 10.5. The lowest BCUT2D eigenvalue weighted by Gasteiger charge is -2.33. The Morgan fingerprint density at radius 2 is 1.77 bits per heavy atom. The van der Waals surface area contributed by atoms with Gasteiger partial charge in [0, 0.05) is 18.8 Å². The molecule has 0 spiro atoms. The summed E-state index contributed by atoms with van der Waals surface area (Å²) in [7, 11) is 0. The highest BCUT2D eigenvalue weighted by Crippen LogP contribution is 2.48. The van der Waals surface area contributed by atoms with Gasteiger partial charge in [-0.1, -0.05) is 30.3 Å². The minimum absolute atomic E-state index is 0.0265. The zero-order chi connectivity index (χ0) is 22.2. The molecular formula is C23H30F2O5. The standard InChI is InChI=1S/C23H30F2O5/c1-21(2,3)30-19(26)15-9-10-18(13-15)29-20(27)23(28,16-7-5-4-6-8-16)17-11-12-22(24,25)14-17/h4-8,15,17-18,28H,9-14H2,1-3H3/t15-,17-,18-,23+/m1/s1. The molecule has 0 aliphatic heterocycles. The van der Waals surface area contributed by atoms with E-state index in [-0.39, 0.29) is 30.3 Å². The minimum atomic E-state index is -2.91. The van der Waals surface area contributed by atoms with E-state index in [2.05, 4.69) is 0 Å². The summed E-state index contributed by atoms with van der Waals surface area (Å²) in [5, 5.41) is 11.4. The Morgan fingerprint density at radius 3 is 2.33 bits per heavy atom. The van der Waals surface area contributed by atoms with Crippen molar-refractivity contribution in [3.05, 3.63) is 35.9 Å². The van der Waals surface area contributed by atoms with E-state index >= 15 is 0 Å². The smallest absolute Gasteiger partial charge is 0.343 e. The first kappa shape index (κ1) is 22.7. The number of alkyl halides is 2. The van der Waals surface area contributed by atoms with Gasteiger partial charge in [0.05, 0.1) is 5.92 Å². The van der Waals surface area contributed by atoms with Crippen LogP contribution in [0.3, 0.4) is 0 Å². The quantitative estimate of drug-likeness (QED) is 0.711. The number of hydrogen-bond donors (Lipinski definition) is 1. The molecule has 1 aromatic rings. The van der Waals surface area contributed by atoms with Gasteiger partial charge in [0.15, 0.2) is 5.60 Å². The van der Waals surface area contributed by atoms with E-state index in [0.29, 0.717) is 19.3 Å². The molecule has 0 aromatic heterocycles. The minimum Gasteiger partial charge on any atom is -0.460 e. The molecule has 4 atom stereocenters. The Labute approximate surface area is 175 Å². The third-order valence-electron chi connectivity index (χ3n) is 5.92. The SMILES string of the molecule is CC(C)(C)OC(=O)[C@@H]1CC[C@@H](OC(=O)[C@](O)(c2ccccc2)[C@@H]2CCC(F)(F)C2)C1. The summed E-state index contributed by atoms with van der Waals surface area (Å²) >= 11 is 0. The van der Waals surface area contributed by atoms with Crippen LogP contribution in [0.4, 0.5) is 8.78 Å². The number of esters is 2. The number of carbonyl (C=O) groups excluding carboxylic acids is 2. The number of aliphatic hydroxyl groups is 1. The fourth-order valence-electron chi connectivity index (χ4n) is 4.41. The normalized spacial score (nSPS) is 28.0. The first-order valence-corrected chi connectivity index (χ1v) is 10.5. The van der Waals surface area contributed by atoms with Crippen molar-refractivity contribution >= 4 is 11.9 Å². The zero-order valence-electron chi connectivity index (χ0n) is 17.7. The second kappa shape index (κ2) is 8.25. The summed E-state index contributed by atoms with van der Waals surface area (Å²) in [6.07, 6.45) is -0.208. The Bertz CT molecular complexity index is 774. The molecule has 30 heavy (non-hydrogen) atoms. The predicted molar refractivity (Wildman–Crippen MR) is 106 cm³/mol. The lowest BCUT2D eigenvalue weighted by molar-refractivity contribution is -0.180. The van der Waals surface area contributed by atoms with Crippen molar-refractivity contribution in [2.75, 3.05) is 0 Å². The average Bonchev–Trinajstić information content (AvgIpc) is 3.27. The van der Waals surface area contributed by atoms with Crippen LogP contribution in [-0.2, 0) is 24.7 Å². The first-order chi connectivity index (χ1) is 13.9. The number of rotatable bonds is 5. The monoisotopic (exact) mass is 424 g/mol. The Hall–Kier alpha value is -2.02. The van der Waals surface area contributed by atoms with Crippen molar-refractivity contribution in [2.45, 2.75) is 82.5 Å². The Kier molecular flexibility index (Phi) is 6.23. The van der Waals surface area contributed by atoms with Crippen molar-refractivity contribution in [1.29, 1.82) is 0 Å². The van der Waals surface area contributed by atoms with E-state index in [4.69, 9.17) is 9.47 Å². The average molecular weight is 424 g/mol. The molecule has 0 saturated heterocycles. The molecule has 0 unspecified atom stereocenters. The lowest BCUT2D eigenvalue weighted by Crippen LogP contribution is -2.45. The summed E-state index contributed by atoms with van der Waals surface area (Å²) in [5.74, 6) is -5.50. The topological polar surface area (TPSA) is 72.8 Å². The van der Waals surface area contributed by atoms with E-state index in [1.165, 1.54) is 0 Å². The predicted octanol–water partition coefficient (Wildman–Crippen LogP) is 4.36. The molecule has 0 bridgehead atoms. The van der Waals surface area contributed by atoms with Crippen molar-refractivity contribution in [2.24, 2.45) is 11.8 Å². The van der Waals surface area contributed by atoms with Gasteiger partial charge in [-0.25, -0.2) is 13.6 Å². The molecule has 0 radical (unpaired) electrons. The van der Waals surface area contributed by atoms with Gasteiger partial charge in [0.2, 0.25) is 5.92 Å². The molecular weight excluding hydrogens is 394 g/mol. The molecule has 5 nitrogen and oxygen atoms in total. The van der Waals surface area contributed by atoms with Crippen LogP contribution < -0.4 is 0 Å². The second-order valence-electron chi connectivity index (χ2n) is 9.50. The molecule has 2 aliphatic rings. The van der Waals surface area contributed by atoms with E-state index in [1.54, 1.807) is 51.1 Å². The van der Waals surface area contributed by atoms with E-state index in [9.17, 15) is 23.5 Å². The number of hydrogen-bond acceptors (Lipinski definition) is 5. The van der Waals surface area contributed by atoms with Crippen LogP contribution in [0.1, 0.15) is 64.9 Å². The van der Waals surface area contributed by atoms with Gasteiger partial charge in [0.25, 0.3) is 0 Å². The molecule has 2 fully saturated rings. The van der Waals surface area contributed by atoms with Gasteiger partial charge in [-0.15, -0.1) is 0 Å². The largest absolute Gasteiger partial charge is 0.460 e. The molecule has 1 aromatic carbocycles. The van der Waals surface area contributed by atoms with Gasteiger partial charge >= 0.3 is 11.9 Å². The van der Waals surface area contributed by atoms with Crippen LogP contribution in [0.25, 0.3) is 0 Å². The van der Waals surface area contributed by atoms with Crippen LogP contribution >= 0.6 is 0 Å². The maximum Gasteiger partial charge on any atom is 0.343 e. The van der Waals surface area contributed by atoms with Gasteiger partial charge < -0.3 is 14.6 Å². The lowest BCUT2D eigenvalue weighted by atomic mass is 9.80. The molecule has 1 N–H and O–H groups in total. The molecule has 2 saturated carbocycles. The molecule has 0 heterocycles. The highest BCUT2D eigenvalue weighted by molar-refractivity contribution is 5.82. The van der Waals surface area contributed by atoms with Gasteiger partial charge in [-0.3, -0.25) is 4.79 Å². The Balaban J connectivity index is 1.73. The van der Waals surface area contributed by atoms with Crippen LogP contribution in [-0.4, -0.2) is 34.7 Å². The molecule has 0 amide bonds. The van der Waals surface area contributed by atoms with E-state index in [0.717, 1.165) is 0 Å². The summed E-state index contributed by atoms with van der Waals surface area (Å²) in [5.41, 5.74) is -2.50. The molecule has 7 heteroatoms. The maximum absolute atomic E-state index is 13.9. The van der Waals surface area contributed by atoms with E-state index in [1.807, 2.05) is 0 Å². The van der Waals surface area contributed by atoms with Crippen molar-refractivity contribution in [3.63, 3.8) is 0 Å². The van der Waals surface area contributed by atoms with Crippen LogP contribution in [0.15, 0.2) is 30.3 Å². The Morgan fingerprint density at radius 1 is 1.10 bits per heavy atom. The van der Waals surface area contributed by atoms with Crippen LogP contribution in [0, 0.1) is 11.8 Å². The highest BCUT2D eigenvalue weighted by atomic mass is 19.3. The molecule has 2 aliphatic carbocycles. The zero-order valence-corrected chi connectivity index (χ0v) is 17.7. The third-order valence-corrected chi connectivity index (χ3v) is 5.92. The fourth-order valence-corrected chi connectivity index (χ4v) is 4.41. The van der Waals surface area contributed by atoms with Gasteiger partial charge in [-0.2, -0.15) is 0 Å². The number of benzene rings is 1. The van der Waals surface area contributed by atoms with Crippen molar-refractivity contribution < 1.29 is 33.0 Å². The summed E-state index contributed by atoms with van der Waals surface area (Å²) in [6, 6.07) is 8.12.